The van der Waals surface area contributed by atoms with Crippen molar-refractivity contribution >= 4 is 45.0 Å². The van der Waals surface area contributed by atoms with Crippen LogP contribution in [0.3, 0.4) is 0 Å². The quantitative estimate of drug-likeness (QED) is 0.256. The van der Waals surface area contributed by atoms with E-state index in [1.165, 1.54) is 23.8 Å². The number of esters is 1. The zero-order valence-corrected chi connectivity index (χ0v) is 24.9. The van der Waals surface area contributed by atoms with E-state index in [0.29, 0.717) is 47.7 Å². The maximum absolute atomic E-state index is 14.0. The molecule has 0 saturated heterocycles. The Labute approximate surface area is 252 Å². The van der Waals surface area contributed by atoms with Crippen LogP contribution < -0.4 is 24.4 Å². The lowest BCUT2D eigenvalue weighted by Crippen LogP contribution is -2.40. The van der Waals surface area contributed by atoms with E-state index in [1.54, 1.807) is 37.3 Å². The second-order valence-electron chi connectivity index (χ2n) is 8.96. The van der Waals surface area contributed by atoms with Crippen LogP contribution in [-0.4, -0.2) is 30.9 Å². The second-order valence-corrected chi connectivity index (χ2v) is 10.8. The van der Waals surface area contributed by atoms with Crippen LogP contribution >= 0.6 is 27.3 Å². The van der Waals surface area contributed by atoms with Crippen molar-refractivity contribution in [1.29, 1.82) is 5.26 Å². The number of methoxy groups -OCH3 is 1. The average Bonchev–Trinajstić information content (AvgIpc) is 3.30. The fourth-order valence-electron chi connectivity index (χ4n) is 4.62. The van der Waals surface area contributed by atoms with Gasteiger partial charge in [-0.2, -0.15) is 5.26 Å². The first kappa shape index (κ1) is 29.0. The van der Waals surface area contributed by atoms with Gasteiger partial charge in [0.05, 0.1) is 40.0 Å². The number of ether oxygens (including phenoxy) is 3. The third-order valence-electron chi connectivity index (χ3n) is 6.39. The van der Waals surface area contributed by atoms with Gasteiger partial charge in [0, 0.05) is 5.56 Å². The molecule has 1 atom stereocenters. The summed E-state index contributed by atoms with van der Waals surface area (Å²) in [7, 11) is 1.48. The Morgan fingerprint density at radius 2 is 1.93 bits per heavy atom. The van der Waals surface area contributed by atoms with E-state index in [0.717, 1.165) is 11.3 Å². The molecule has 8 nitrogen and oxygen atoms in total. The van der Waals surface area contributed by atoms with Crippen LogP contribution in [0.15, 0.2) is 86.6 Å². The number of thiazole rings is 1. The highest BCUT2D eigenvalue weighted by Gasteiger charge is 2.35. The monoisotopic (exact) mass is 647 g/mol. The molecule has 0 amide bonds. The van der Waals surface area contributed by atoms with Gasteiger partial charge in [0.2, 0.25) is 0 Å². The first-order valence-corrected chi connectivity index (χ1v) is 14.4. The Morgan fingerprint density at radius 1 is 1.19 bits per heavy atom. The molecule has 4 aromatic rings. The van der Waals surface area contributed by atoms with Gasteiger partial charge in [-0.3, -0.25) is 9.36 Å². The predicted molar refractivity (Wildman–Crippen MR) is 159 cm³/mol. The zero-order valence-electron chi connectivity index (χ0n) is 22.5. The number of hydrogen-bond acceptors (Lipinski definition) is 8. The number of carbonyl (C=O) groups excluding carboxylic acids is 1. The van der Waals surface area contributed by atoms with Gasteiger partial charge < -0.3 is 14.2 Å². The van der Waals surface area contributed by atoms with Crippen LogP contribution in [0.25, 0.3) is 11.8 Å². The number of fused-ring (bicyclic) bond motifs is 1. The molecule has 0 bridgehead atoms. The smallest absolute Gasteiger partial charge is 0.338 e. The minimum Gasteiger partial charge on any atom is -0.493 e. The molecule has 1 aliphatic heterocycles. The minimum absolute atomic E-state index is 0.121. The van der Waals surface area contributed by atoms with E-state index in [2.05, 4.69) is 15.9 Å². The van der Waals surface area contributed by atoms with Crippen molar-refractivity contribution in [3.05, 3.63) is 119 Å². The van der Waals surface area contributed by atoms with Crippen LogP contribution in [0.1, 0.15) is 29.7 Å². The van der Waals surface area contributed by atoms with Crippen molar-refractivity contribution in [2.24, 2.45) is 4.99 Å². The third-order valence-corrected chi connectivity index (χ3v) is 7.96. The van der Waals surface area contributed by atoms with Gasteiger partial charge in [-0.25, -0.2) is 14.2 Å². The summed E-state index contributed by atoms with van der Waals surface area (Å²) in [6.07, 6.45) is 1.68. The van der Waals surface area contributed by atoms with E-state index < -0.39 is 17.8 Å². The van der Waals surface area contributed by atoms with E-state index in [1.807, 2.05) is 36.4 Å². The van der Waals surface area contributed by atoms with Crippen LogP contribution in [0.5, 0.6) is 11.5 Å². The summed E-state index contributed by atoms with van der Waals surface area (Å²) >= 11 is 4.61. The highest BCUT2D eigenvalue weighted by atomic mass is 79.9. The summed E-state index contributed by atoms with van der Waals surface area (Å²) in [5.41, 5.74) is 1.99. The third kappa shape index (κ3) is 5.64. The van der Waals surface area contributed by atoms with Crippen molar-refractivity contribution < 1.29 is 23.4 Å². The van der Waals surface area contributed by atoms with Crippen molar-refractivity contribution in [2.45, 2.75) is 13.0 Å². The summed E-state index contributed by atoms with van der Waals surface area (Å²) in [5.74, 6) is -0.331. The molecule has 212 valence electrons. The van der Waals surface area contributed by atoms with Gasteiger partial charge in [0.25, 0.3) is 5.56 Å². The number of nitrogens with zero attached hydrogens (tertiary/aromatic N) is 3. The summed E-state index contributed by atoms with van der Waals surface area (Å²) in [4.78, 5) is 32.7. The van der Waals surface area contributed by atoms with Crippen molar-refractivity contribution in [2.75, 3.05) is 20.3 Å². The summed E-state index contributed by atoms with van der Waals surface area (Å²) in [6, 6.07) is 19.3. The normalized spacial score (nSPS) is 14.5. The number of halogens is 2. The van der Waals surface area contributed by atoms with Gasteiger partial charge in [0.15, 0.2) is 22.9 Å². The lowest BCUT2D eigenvalue weighted by molar-refractivity contribution is -0.138. The molecule has 1 aromatic heterocycles. The maximum Gasteiger partial charge on any atom is 0.338 e. The second kappa shape index (κ2) is 12.5. The summed E-state index contributed by atoms with van der Waals surface area (Å²) < 4.78 is 32.7. The van der Waals surface area contributed by atoms with Gasteiger partial charge in [-0.05, 0) is 64.3 Å². The fourth-order valence-corrected chi connectivity index (χ4v) is 6.20. The van der Waals surface area contributed by atoms with Crippen LogP contribution in [0.2, 0.25) is 0 Å². The standard InChI is InChI=1S/C31H23BrFN3O5S/c1-3-40-30(38)25-26(19-7-5-4-6-8-19)35-31-36(27(25)20-9-11-21(33)12-10-20)29(37)24(42-31)17-18-15-22(32)28(41-14-13-34)23(16-18)39-2/h4-12,15-17,27H,3,14H2,1-2H3/b24-17-/t27-/m0/s1. The molecule has 3 aromatic carbocycles. The zero-order chi connectivity index (χ0) is 29.8. The Morgan fingerprint density at radius 3 is 2.60 bits per heavy atom. The van der Waals surface area contributed by atoms with Gasteiger partial charge in [0.1, 0.15) is 11.9 Å². The first-order valence-electron chi connectivity index (χ1n) is 12.8. The highest BCUT2D eigenvalue weighted by molar-refractivity contribution is 9.10. The number of nitriles is 1. The number of hydrogen-bond donors (Lipinski definition) is 0. The van der Waals surface area contributed by atoms with E-state index >= 15 is 0 Å². The Bertz CT molecular complexity index is 1910. The van der Waals surface area contributed by atoms with Gasteiger partial charge >= 0.3 is 5.97 Å². The molecule has 0 radical (unpaired) electrons. The van der Waals surface area contributed by atoms with Gasteiger partial charge in [-0.1, -0.05) is 53.8 Å². The SMILES string of the molecule is CCOC(=O)C1=C(c2ccccc2)N=c2s/c(=C\c3cc(Br)c(OCC#N)c(OC)c3)c(=O)n2[C@H]1c1ccc(F)cc1. The Hall–Kier alpha value is -4.53. The molecule has 5 rings (SSSR count). The Balaban J connectivity index is 1.77. The van der Waals surface area contributed by atoms with Crippen molar-refractivity contribution in [3.8, 4) is 17.6 Å². The van der Waals surface area contributed by atoms with Crippen molar-refractivity contribution in [1.82, 2.24) is 4.57 Å². The van der Waals surface area contributed by atoms with Crippen LogP contribution in [-0.2, 0) is 9.53 Å². The number of aromatic nitrogens is 1. The van der Waals surface area contributed by atoms with E-state index in [4.69, 9.17) is 24.5 Å². The number of benzene rings is 3. The average molecular weight is 649 g/mol. The Kier molecular flexibility index (Phi) is 8.66. The molecular formula is C31H23BrFN3O5S. The summed E-state index contributed by atoms with van der Waals surface area (Å²) in [6.45, 7) is 1.66. The van der Waals surface area contributed by atoms with Gasteiger partial charge in [-0.15, -0.1) is 0 Å². The maximum atomic E-state index is 14.0. The predicted octanol–water partition coefficient (Wildman–Crippen LogP) is 4.75. The molecule has 2 heterocycles. The lowest BCUT2D eigenvalue weighted by atomic mass is 9.93. The largest absolute Gasteiger partial charge is 0.493 e. The molecule has 42 heavy (non-hydrogen) atoms. The molecular weight excluding hydrogens is 625 g/mol. The topological polar surface area (TPSA) is 103 Å². The highest BCUT2D eigenvalue weighted by Crippen LogP contribution is 2.37. The van der Waals surface area contributed by atoms with Crippen LogP contribution in [0, 0.1) is 17.1 Å². The number of rotatable bonds is 8. The first-order chi connectivity index (χ1) is 20.4. The number of carbonyl (C=O) groups is 1. The molecule has 0 fully saturated rings. The van der Waals surface area contributed by atoms with Crippen LogP contribution in [0.4, 0.5) is 4.39 Å². The fraction of sp³-hybridized carbons (Fsp3) is 0.161. The molecule has 0 spiro atoms. The lowest BCUT2D eigenvalue weighted by Gasteiger charge is -2.25. The van der Waals surface area contributed by atoms with Crippen molar-refractivity contribution in [3.63, 3.8) is 0 Å². The molecule has 11 heteroatoms. The molecule has 0 aliphatic carbocycles. The van der Waals surface area contributed by atoms with E-state index in [-0.39, 0.29) is 24.3 Å². The molecule has 0 unspecified atom stereocenters. The van der Waals surface area contributed by atoms with E-state index in [9.17, 15) is 14.0 Å². The summed E-state index contributed by atoms with van der Waals surface area (Å²) in [5, 5.41) is 8.90. The minimum atomic E-state index is -0.915. The molecule has 0 saturated carbocycles. The molecule has 1 aliphatic rings. The molecule has 0 N–H and O–H groups in total.